The van der Waals surface area contributed by atoms with Crippen LogP contribution in [0.25, 0.3) is 0 Å². The number of urea groups is 1. The van der Waals surface area contributed by atoms with Crippen LogP contribution < -0.4 is 11.1 Å². The number of amidine groups is 1. The van der Waals surface area contributed by atoms with Crippen molar-refractivity contribution < 1.29 is 14.3 Å². The minimum atomic E-state index is -0.832. The van der Waals surface area contributed by atoms with Gasteiger partial charge in [0.15, 0.2) is 5.84 Å². The Hall–Kier alpha value is -2.16. The Balaban J connectivity index is 2.94. The fourth-order valence-electron chi connectivity index (χ4n) is 1.71. The van der Waals surface area contributed by atoms with Crippen molar-refractivity contribution in [2.45, 2.75) is 13.3 Å². The molecular weight excluding hydrogens is 354 g/mol. The summed E-state index contributed by atoms with van der Waals surface area (Å²) in [5, 5.41) is 11.0. The van der Waals surface area contributed by atoms with Crippen molar-refractivity contribution in [2.75, 3.05) is 25.5 Å². The molecule has 8 nitrogen and oxygen atoms in total. The van der Waals surface area contributed by atoms with Crippen molar-refractivity contribution in [1.82, 2.24) is 9.88 Å². The highest BCUT2D eigenvalue weighted by Crippen LogP contribution is 2.20. The predicted octanol–water partition coefficient (Wildman–Crippen LogP) is 1.55. The molecule has 4 N–H and O–H groups in total. The van der Waals surface area contributed by atoms with Crippen LogP contribution in [0.3, 0.4) is 0 Å². The van der Waals surface area contributed by atoms with E-state index in [9.17, 15) is 9.59 Å². The molecule has 2 amide bonds. The van der Waals surface area contributed by atoms with Crippen molar-refractivity contribution in [3.05, 3.63) is 22.4 Å². The molecule has 0 spiro atoms. The third-order valence-corrected chi connectivity index (χ3v) is 3.16. The summed E-state index contributed by atoms with van der Waals surface area (Å²) in [6.07, 6.45) is 1.46. The monoisotopic (exact) mass is 371 g/mol. The smallest absolute Gasteiger partial charge is 0.320 e. The summed E-state index contributed by atoms with van der Waals surface area (Å²) in [7, 11) is 1.67. The number of anilines is 1. The quantitative estimate of drug-likeness (QED) is 0.397. The van der Waals surface area contributed by atoms with Gasteiger partial charge in [-0.15, -0.1) is 0 Å². The molecule has 0 fully saturated rings. The van der Waals surface area contributed by atoms with Gasteiger partial charge >= 0.3 is 12.0 Å². The third kappa shape index (κ3) is 4.69. The van der Waals surface area contributed by atoms with Gasteiger partial charge in [-0.3, -0.25) is 15.1 Å². The minimum absolute atomic E-state index is 0.0477. The number of rotatable bonds is 6. The zero-order valence-electron chi connectivity index (χ0n) is 12.4. The summed E-state index contributed by atoms with van der Waals surface area (Å²) in [6, 6.07) is 0.891. The first kappa shape index (κ1) is 17.9. The second-order valence-electron chi connectivity index (χ2n) is 4.19. The molecule has 9 heteroatoms. The molecule has 0 aliphatic heterocycles. The molecule has 0 bridgehead atoms. The van der Waals surface area contributed by atoms with Crippen molar-refractivity contribution in [2.24, 2.45) is 5.73 Å². The second-order valence-corrected chi connectivity index (χ2v) is 5.11. The Kier molecular flexibility index (Phi) is 6.77. The van der Waals surface area contributed by atoms with Crippen LogP contribution in [0.4, 0.5) is 10.5 Å². The number of pyridine rings is 1. The largest absolute Gasteiger partial charge is 0.466 e. The number of carbonyl (C=O) groups is 2. The lowest BCUT2D eigenvalue weighted by atomic mass is 10.2. The fraction of sp³-hybridized carbons (Fsp3) is 0.385. The summed E-state index contributed by atoms with van der Waals surface area (Å²) < 4.78 is 5.52. The first-order chi connectivity index (χ1) is 10.4. The number of hydrogen-bond donors (Lipinski definition) is 3. The molecule has 1 aromatic rings. The summed E-state index contributed by atoms with van der Waals surface area (Å²) in [6.45, 7) is 1.90. The molecule has 0 saturated carbocycles. The van der Waals surface area contributed by atoms with Crippen molar-refractivity contribution in [1.29, 1.82) is 5.41 Å². The van der Waals surface area contributed by atoms with Gasteiger partial charge in [0.25, 0.3) is 0 Å². The van der Waals surface area contributed by atoms with Crippen LogP contribution in [0.15, 0.2) is 16.7 Å². The minimum Gasteiger partial charge on any atom is -0.466 e. The Labute approximate surface area is 136 Å². The van der Waals surface area contributed by atoms with Crippen LogP contribution in [-0.2, 0) is 9.53 Å². The van der Waals surface area contributed by atoms with Crippen molar-refractivity contribution >= 4 is 39.5 Å². The van der Waals surface area contributed by atoms with E-state index >= 15 is 0 Å². The summed E-state index contributed by atoms with van der Waals surface area (Å²) in [4.78, 5) is 28.0. The number of nitrogens with one attached hydrogen (secondary N) is 2. The Morgan fingerprint density at radius 2 is 2.23 bits per heavy atom. The average Bonchev–Trinajstić information content (AvgIpc) is 2.46. The zero-order valence-corrected chi connectivity index (χ0v) is 13.9. The van der Waals surface area contributed by atoms with E-state index in [0.717, 1.165) is 9.37 Å². The van der Waals surface area contributed by atoms with Gasteiger partial charge in [0.1, 0.15) is 5.69 Å². The lowest BCUT2D eigenvalue weighted by Crippen LogP contribution is -2.42. The highest BCUT2D eigenvalue weighted by atomic mass is 79.9. The average molecular weight is 372 g/mol. The molecule has 1 aromatic heterocycles. The number of amides is 2. The van der Waals surface area contributed by atoms with Gasteiger partial charge in [-0.25, -0.2) is 9.78 Å². The van der Waals surface area contributed by atoms with E-state index in [4.69, 9.17) is 15.9 Å². The summed E-state index contributed by atoms with van der Waals surface area (Å²) >= 11 is 3.28. The van der Waals surface area contributed by atoms with Gasteiger partial charge in [0.2, 0.25) is 0 Å². The van der Waals surface area contributed by atoms with Crippen LogP contribution in [0, 0.1) is 5.41 Å². The van der Waals surface area contributed by atoms with E-state index in [2.05, 4.69) is 26.2 Å². The first-order valence-corrected chi connectivity index (χ1v) is 7.34. The van der Waals surface area contributed by atoms with Gasteiger partial charge in [-0.05, 0) is 28.9 Å². The summed E-state index contributed by atoms with van der Waals surface area (Å²) in [5.74, 6) is -0.646. The second kappa shape index (κ2) is 8.32. The first-order valence-electron chi connectivity index (χ1n) is 6.55. The molecule has 22 heavy (non-hydrogen) atoms. The van der Waals surface area contributed by atoms with E-state index in [1.54, 1.807) is 20.0 Å². The maximum Gasteiger partial charge on any atom is 0.320 e. The molecule has 0 aliphatic rings. The molecule has 0 unspecified atom stereocenters. The lowest BCUT2D eigenvalue weighted by Gasteiger charge is -2.21. The Morgan fingerprint density at radius 3 is 2.77 bits per heavy atom. The maximum absolute atomic E-state index is 11.5. The molecule has 0 radical (unpaired) electrons. The number of hydrogen-bond acceptors (Lipinski definition) is 6. The number of esters is 1. The number of aromatic nitrogens is 1. The van der Waals surface area contributed by atoms with Crippen LogP contribution in [0.1, 0.15) is 19.0 Å². The molecular formula is C13H18BrN5O3. The highest BCUT2D eigenvalue weighted by Gasteiger charge is 2.22. The van der Waals surface area contributed by atoms with E-state index in [1.807, 2.05) is 0 Å². The van der Waals surface area contributed by atoms with Gasteiger partial charge in [-0.1, -0.05) is 0 Å². The van der Waals surface area contributed by atoms with Gasteiger partial charge in [-0.2, -0.15) is 0 Å². The van der Waals surface area contributed by atoms with Crippen molar-refractivity contribution in [3.63, 3.8) is 0 Å². The number of primary amides is 1. The third-order valence-electron chi connectivity index (χ3n) is 2.73. The zero-order chi connectivity index (χ0) is 16.7. The van der Waals surface area contributed by atoms with Gasteiger partial charge in [0, 0.05) is 24.3 Å². The van der Waals surface area contributed by atoms with E-state index in [0.29, 0.717) is 5.69 Å². The number of nitrogens with two attached hydrogens (primary N) is 1. The maximum atomic E-state index is 11.5. The summed E-state index contributed by atoms with van der Waals surface area (Å²) in [5.41, 5.74) is 6.11. The molecule has 0 saturated heterocycles. The van der Waals surface area contributed by atoms with E-state index in [1.165, 1.54) is 6.20 Å². The molecule has 0 atom stereocenters. The Bertz CT molecular complexity index is 579. The standard InChI is InChI=1S/C13H18BrN5O3/c1-3-22-10(20)4-5-19(13(16)21)12(15)11-9(17-2)6-8(14)7-18-11/h6-7,15,17H,3-5H2,1-2H3,(H2,16,21). The molecule has 0 aromatic carbocycles. The number of ether oxygens (including phenoxy) is 1. The number of carbonyl (C=O) groups excluding carboxylic acids is 2. The fourth-order valence-corrected chi connectivity index (χ4v) is 2.05. The lowest BCUT2D eigenvalue weighted by molar-refractivity contribution is -0.143. The van der Waals surface area contributed by atoms with E-state index < -0.39 is 12.0 Å². The number of nitrogens with zero attached hydrogens (tertiary/aromatic N) is 2. The topological polar surface area (TPSA) is 121 Å². The van der Waals surface area contributed by atoms with E-state index in [-0.39, 0.29) is 31.1 Å². The molecule has 1 heterocycles. The predicted molar refractivity (Wildman–Crippen MR) is 85.9 cm³/mol. The van der Waals surface area contributed by atoms with Gasteiger partial charge in [0.05, 0.1) is 18.7 Å². The normalized spacial score (nSPS) is 9.95. The molecule has 1 rings (SSSR count). The Morgan fingerprint density at radius 1 is 1.55 bits per heavy atom. The van der Waals surface area contributed by atoms with Crippen LogP contribution in [0.5, 0.6) is 0 Å². The van der Waals surface area contributed by atoms with Crippen LogP contribution in [0.2, 0.25) is 0 Å². The van der Waals surface area contributed by atoms with Crippen molar-refractivity contribution in [3.8, 4) is 0 Å². The number of halogens is 1. The SMILES string of the molecule is CCOC(=O)CCN(C(=N)c1ncc(Br)cc1NC)C(N)=O. The highest BCUT2D eigenvalue weighted by molar-refractivity contribution is 9.10. The molecule has 120 valence electrons. The van der Waals surface area contributed by atoms with Crippen LogP contribution in [-0.4, -0.2) is 47.9 Å². The van der Waals surface area contributed by atoms with Gasteiger partial charge < -0.3 is 15.8 Å². The molecule has 0 aliphatic carbocycles. The van der Waals surface area contributed by atoms with Crippen LogP contribution >= 0.6 is 15.9 Å².